The summed E-state index contributed by atoms with van der Waals surface area (Å²) in [4.78, 5) is 26.2. The van der Waals surface area contributed by atoms with E-state index in [9.17, 15) is 22.4 Å². The zero-order chi connectivity index (χ0) is 22.1. The SMILES string of the molecule is Cc1cc(NC(=O)CN(c2ccc(F)c(Cl)c2)S(C)(=O)=O)ccc1N1CCCC1=O. The molecular formula is C20H21ClFN3O4S. The standard InChI is InChI=1S/C20H21ClFN3O4S/c1-13-10-14(5-8-18(13)24-9-3-4-20(24)27)23-19(26)12-25(30(2,28)29)15-6-7-17(22)16(21)11-15/h5-8,10-11H,3-4,9,12H2,1-2H3,(H,23,26). The van der Waals surface area contributed by atoms with Crippen molar-refractivity contribution in [1.29, 1.82) is 0 Å². The zero-order valence-electron chi connectivity index (χ0n) is 16.5. The van der Waals surface area contributed by atoms with Gasteiger partial charge in [0.25, 0.3) is 0 Å². The van der Waals surface area contributed by atoms with Crippen LogP contribution in [0.3, 0.4) is 0 Å². The molecule has 1 heterocycles. The topological polar surface area (TPSA) is 86.8 Å². The molecule has 3 rings (SSSR count). The summed E-state index contributed by atoms with van der Waals surface area (Å²) in [6, 6.07) is 8.56. The van der Waals surface area contributed by atoms with Crippen LogP contribution < -0.4 is 14.5 Å². The lowest BCUT2D eigenvalue weighted by atomic mass is 10.1. The first-order valence-electron chi connectivity index (χ1n) is 9.20. The molecule has 7 nitrogen and oxygen atoms in total. The van der Waals surface area contributed by atoms with Gasteiger partial charge in [0.15, 0.2) is 0 Å². The number of hydrogen-bond donors (Lipinski definition) is 1. The van der Waals surface area contributed by atoms with Gasteiger partial charge in [-0.05, 0) is 55.3 Å². The third-order valence-electron chi connectivity index (χ3n) is 4.72. The first kappa shape index (κ1) is 22.0. The fraction of sp³-hybridized carbons (Fsp3) is 0.300. The zero-order valence-corrected chi connectivity index (χ0v) is 18.1. The molecule has 0 radical (unpaired) electrons. The Bertz CT molecular complexity index is 1110. The maximum Gasteiger partial charge on any atom is 0.245 e. The molecule has 2 aromatic carbocycles. The van der Waals surface area contributed by atoms with Crippen LogP contribution in [0.5, 0.6) is 0 Å². The Morgan fingerprint density at radius 2 is 2.00 bits per heavy atom. The molecule has 1 fully saturated rings. The molecule has 10 heteroatoms. The molecule has 0 saturated carbocycles. The van der Waals surface area contributed by atoms with Gasteiger partial charge in [0.2, 0.25) is 21.8 Å². The maximum atomic E-state index is 13.4. The quantitative estimate of drug-likeness (QED) is 0.726. The molecule has 1 N–H and O–H groups in total. The third kappa shape index (κ3) is 4.91. The average molecular weight is 454 g/mol. The summed E-state index contributed by atoms with van der Waals surface area (Å²) in [6.45, 7) is 1.99. The molecule has 2 aromatic rings. The number of nitrogens with one attached hydrogen (secondary N) is 1. The highest BCUT2D eigenvalue weighted by atomic mass is 35.5. The Kier molecular flexibility index (Phi) is 6.33. The Hall–Kier alpha value is -2.65. The van der Waals surface area contributed by atoms with Crippen LogP contribution in [-0.2, 0) is 19.6 Å². The molecule has 1 saturated heterocycles. The number of aryl methyl sites for hydroxylation is 1. The lowest BCUT2D eigenvalue weighted by molar-refractivity contribution is -0.117. The van der Waals surface area contributed by atoms with Crippen molar-refractivity contribution in [3.8, 4) is 0 Å². The molecule has 0 spiro atoms. The van der Waals surface area contributed by atoms with Gasteiger partial charge in [-0.25, -0.2) is 12.8 Å². The van der Waals surface area contributed by atoms with E-state index >= 15 is 0 Å². The van der Waals surface area contributed by atoms with Gasteiger partial charge in [0, 0.05) is 24.3 Å². The molecular weight excluding hydrogens is 433 g/mol. The number of halogens is 2. The Morgan fingerprint density at radius 1 is 1.27 bits per heavy atom. The van der Waals surface area contributed by atoms with Crippen LogP contribution in [0, 0.1) is 12.7 Å². The van der Waals surface area contributed by atoms with Gasteiger partial charge in [0.05, 0.1) is 17.0 Å². The lowest BCUT2D eigenvalue weighted by Crippen LogP contribution is -2.37. The van der Waals surface area contributed by atoms with Crippen LogP contribution in [0.2, 0.25) is 5.02 Å². The van der Waals surface area contributed by atoms with Gasteiger partial charge in [-0.2, -0.15) is 0 Å². The molecule has 30 heavy (non-hydrogen) atoms. The van der Waals surface area contributed by atoms with Crippen LogP contribution in [0.15, 0.2) is 36.4 Å². The molecule has 160 valence electrons. The Balaban J connectivity index is 1.76. The second-order valence-electron chi connectivity index (χ2n) is 7.07. The normalized spacial score (nSPS) is 14.1. The fourth-order valence-corrected chi connectivity index (χ4v) is 4.33. The minimum Gasteiger partial charge on any atom is -0.325 e. The first-order valence-corrected chi connectivity index (χ1v) is 11.4. The van der Waals surface area contributed by atoms with Crippen LogP contribution in [-0.4, -0.2) is 39.6 Å². The smallest absolute Gasteiger partial charge is 0.245 e. The monoisotopic (exact) mass is 453 g/mol. The summed E-state index contributed by atoms with van der Waals surface area (Å²) in [5.74, 6) is -1.20. The van der Waals surface area contributed by atoms with Crippen molar-refractivity contribution >= 4 is 50.5 Å². The number of nitrogens with zero attached hydrogens (tertiary/aromatic N) is 2. The van der Waals surface area contributed by atoms with Crippen molar-refractivity contribution in [2.24, 2.45) is 0 Å². The third-order valence-corrected chi connectivity index (χ3v) is 6.15. The minimum atomic E-state index is -3.82. The average Bonchev–Trinajstić information content (AvgIpc) is 3.07. The molecule has 0 bridgehead atoms. The van der Waals surface area contributed by atoms with Crippen LogP contribution in [0.1, 0.15) is 18.4 Å². The number of carbonyl (C=O) groups excluding carboxylic acids is 2. The molecule has 1 aliphatic heterocycles. The maximum absolute atomic E-state index is 13.4. The van der Waals surface area contributed by atoms with Crippen molar-refractivity contribution < 1.29 is 22.4 Å². The van der Waals surface area contributed by atoms with Gasteiger partial charge in [0.1, 0.15) is 12.4 Å². The van der Waals surface area contributed by atoms with Crippen LogP contribution in [0.25, 0.3) is 0 Å². The Labute approximate surface area is 179 Å². The van der Waals surface area contributed by atoms with Gasteiger partial charge in [-0.3, -0.25) is 13.9 Å². The van der Waals surface area contributed by atoms with E-state index in [0.717, 1.165) is 40.4 Å². The van der Waals surface area contributed by atoms with Crippen molar-refractivity contribution in [2.45, 2.75) is 19.8 Å². The molecule has 0 aromatic heterocycles. The summed E-state index contributed by atoms with van der Waals surface area (Å²) in [7, 11) is -3.82. The Morgan fingerprint density at radius 3 is 2.57 bits per heavy atom. The van der Waals surface area contributed by atoms with E-state index < -0.39 is 28.3 Å². The highest BCUT2D eigenvalue weighted by Crippen LogP contribution is 2.28. The van der Waals surface area contributed by atoms with Gasteiger partial charge in [-0.15, -0.1) is 0 Å². The highest BCUT2D eigenvalue weighted by molar-refractivity contribution is 7.92. The summed E-state index contributed by atoms with van der Waals surface area (Å²) in [6.07, 6.45) is 2.28. The molecule has 0 atom stereocenters. The summed E-state index contributed by atoms with van der Waals surface area (Å²) < 4.78 is 38.6. The number of rotatable bonds is 6. The van der Waals surface area contributed by atoms with E-state index in [-0.39, 0.29) is 16.6 Å². The van der Waals surface area contributed by atoms with Crippen molar-refractivity contribution in [1.82, 2.24) is 0 Å². The number of anilines is 3. The second kappa shape index (κ2) is 8.61. The van der Waals surface area contributed by atoms with Crippen LogP contribution in [0.4, 0.5) is 21.5 Å². The lowest BCUT2D eigenvalue weighted by Gasteiger charge is -2.22. The predicted molar refractivity (Wildman–Crippen MR) is 115 cm³/mol. The molecule has 2 amide bonds. The number of carbonyl (C=O) groups is 2. The number of benzene rings is 2. The summed E-state index contributed by atoms with van der Waals surface area (Å²) >= 11 is 5.75. The van der Waals surface area contributed by atoms with E-state index in [4.69, 9.17) is 11.6 Å². The fourth-order valence-electron chi connectivity index (χ4n) is 3.31. The van der Waals surface area contributed by atoms with Gasteiger partial charge >= 0.3 is 0 Å². The van der Waals surface area contributed by atoms with Gasteiger partial charge in [-0.1, -0.05) is 11.6 Å². The van der Waals surface area contributed by atoms with E-state index in [1.807, 2.05) is 6.92 Å². The summed E-state index contributed by atoms with van der Waals surface area (Å²) in [5.41, 5.74) is 2.15. The van der Waals surface area contributed by atoms with Crippen LogP contribution >= 0.6 is 11.6 Å². The molecule has 0 aliphatic carbocycles. The first-order chi connectivity index (χ1) is 14.1. The summed E-state index contributed by atoms with van der Waals surface area (Å²) in [5, 5.41) is 2.41. The number of hydrogen-bond acceptors (Lipinski definition) is 4. The largest absolute Gasteiger partial charge is 0.325 e. The van der Waals surface area contributed by atoms with Crippen molar-refractivity contribution in [2.75, 3.05) is 33.9 Å². The van der Waals surface area contributed by atoms with E-state index in [0.29, 0.717) is 18.7 Å². The highest BCUT2D eigenvalue weighted by Gasteiger charge is 2.24. The number of sulfonamides is 1. The molecule has 0 unspecified atom stereocenters. The van der Waals surface area contributed by atoms with E-state index in [2.05, 4.69) is 5.32 Å². The predicted octanol–water partition coefficient (Wildman–Crippen LogP) is 3.32. The van der Waals surface area contributed by atoms with E-state index in [1.54, 1.807) is 23.1 Å². The number of amides is 2. The van der Waals surface area contributed by atoms with E-state index in [1.165, 1.54) is 6.07 Å². The van der Waals surface area contributed by atoms with Crippen molar-refractivity contribution in [3.05, 3.63) is 52.8 Å². The van der Waals surface area contributed by atoms with Crippen molar-refractivity contribution in [3.63, 3.8) is 0 Å². The minimum absolute atomic E-state index is 0.0663. The van der Waals surface area contributed by atoms with Gasteiger partial charge < -0.3 is 10.2 Å². The molecule has 1 aliphatic rings. The second-order valence-corrected chi connectivity index (χ2v) is 9.38.